The summed E-state index contributed by atoms with van der Waals surface area (Å²) in [6.45, 7) is 5.71. The number of hydrogen-bond acceptors (Lipinski definition) is 2. The zero-order chi connectivity index (χ0) is 24.1. The van der Waals surface area contributed by atoms with Crippen molar-refractivity contribution >= 4 is 11.8 Å². The predicted molar refractivity (Wildman–Crippen MR) is 137 cm³/mol. The van der Waals surface area contributed by atoms with Crippen LogP contribution in [0.5, 0.6) is 0 Å². The molecule has 0 saturated carbocycles. The molecule has 0 heterocycles. The van der Waals surface area contributed by atoms with Crippen molar-refractivity contribution < 1.29 is 9.59 Å². The van der Waals surface area contributed by atoms with E-state index < -0.39 is 5.54 Å². The molecule has 34 heavy (non-hydrogen) atoms. The number of rotatable bonds is 4. The maximum absolute atomic E-state index is 13.8. The Bertz CT molecular complexity index is 1290. The summed E-state index contributed by atoms with van der Waals surface area (Å²) in [4.78, 5) is 27.3. The lowest BCUT2D eigenvalue weighted by atomic mass is 9.97. The molecule has 0 aliphatic carbocycles. The summed E-state index contributed by atoms with van der Waals surface area (Å²) in [7, 11) is 0. The second-order valence-corrected chi connectivity index (χ2v) is 9.08. The van der Waals surface area contributed by atoms with Crippen molar-refractivity contribution in [2.45, 2.75) is 26.3 Å². The summed E-state index contributed by atoms with van der Waals surface area (Å²) in [5.74, 6) is -0.600. The highest BCUT2D eigenvalue weighted by molar-refractivity contribution is 6.05. The molecule has 0 fully saturated rings. The van der Waals surface area contributed by atoms with Gasteiger partial charge >= 0.3 is 0 Å². The number of hydrogen-bond donors (Lipinski definition) is 1. The van der Waals surface area contributed by atoms with Gasteiger partial charge in [0.2, 0.25) is 0 Å². The van der Waals surface area contributed by atoms with Gasteiger partial charge in [0.15, 0.2) is 0 Å². The van der Waals surface area contributed by atoms with Gasteiger partial charge in [-0.2, -0.15) is 0 Å². The van der Waals surface area contributed by atoms with Gasteiger partial charge in [0.05, 0.1) is 5.54 Å². The van der Waals surface area contributed by atoms with Crippen molar-refractivity contribution in [2.24, 2.45) is 0 Å². The van der Waals surface area contributed by atoms with Gasteiger partial charge in [0.25, 0.3) is 11.8 Å². The van der Waals surface area contributed by atoms with E-state index in [1.165, 1.54) is 5.01 Å². The lowest BCUT2D eigenvalue weighted by molar-refractivity contribution is 0.0359. The van der Waals surface area contributed by atoms with E-state index in [-0.39, 0.29) is 11.8 Å². The maximum Gasteiger partial charge on any atom is 0.273 e. The van der Waals surface area contributed by atoms with Crippen LogP contribution in [0.2, 0.25) is 0 Å². The third-order valence-corrected chi connectivity index (χ3v) is 5.59. The molecule has 4 nitrogen and oxygen atoms in total. The first-order valence-electron chi connectivity index (χ1n) is 11.3. The van der Waals surface area contributed by atoms with Gasteiger partial charge in [0, 0.05) is 11.1 Å². The van der Waals surface area contributed by atoms with Crippen LogP contribution >= 0.6 is 0 Å². The van der Waals surface area contributed by atoms with Crippen LogP contribution in [0.25, 0.3) is 22.3 Å². The summed E-state index contributed by atoms with van der Waals surface area (Å²) < 4.78 is 0. The highest BCUT2D eigenvalue weighted by Crippen LogP contribution is 2.27. The van der Waals surface area contributed by atoms with Crippen molar-refractivity contribution in [2.75, 3.05) is 0 Å². The van der Waals surface area contributed by atoms with E-state index >= 15 is 0 Å². The van der Waals surface area contributed by atoms with Gasteiger partial charge in [-0.3, -0.25) is 15.0 Å². The molecule has 2 amide bonds. The van der Waals surface area contributed by atoms with Crippen LogP contribution in [0.1, 0.15) is 41.5 Å². The van der Waals surface area contributed by atoms with Crippen molar-refractivity contribution in [1.82, 2.24) is 10.4 Å². The fraction of sp³-hybridized carbons (Fsp3) is 0.133. The number of carbonyl (C=O) groups is 2. The highest BCUT2D eigenvalue weighted by atomic mass is 16.2. The summed E-state index contributed by atoms with van der Waals surface area (Å²) in [6, 6.07) is 34.4. The summed E-state index contributed by atoms with van der Waals surface area (Å²) in [6.07, 6.45) is 0. The molecule has 4 aromatic rings. The highest BCUT2D eigenvalue weighted by Gasteiger charge is 2.31. The average molecular weight is 449 g/mol. The zero-order valence-corrected chi connectivity index (χ0v) is 19.7. The van der Waals surface area contributed by atoms with E-state index in [1.54, 1.807) is 12.1 Å². The topological polar surface area (TPSA) is 49.4 Å². The van der Waals surface area contributed by atoms with E-state index in [0.29, 0.717) is 11.1 Å². The summed E-state index contributed by atoms with van der Waals surface area (Å²) in [5, 5.41) is 1.43. The van der Waals surface area contributed by atoms with Crippen LogP contribution in [0.15, 0.2) is 109 Å². The predicted octanol–water partition coefficient (Wildman–Crippen LogP) is 6.61. The molecular formula is C30H28N2O2. The molecule has 0 bridgehead atoms. The van der Waals surface area contributed by atoms with Gasteiger partial charge in [-0.1, -0.05) is 97.1 Å². The normalized spacial score (nSPS) is 11.0. The largest absolute Gasteiger partial charge is 0.273 e. The van der Waals surface area contributed by atoms with E-state index in [2.05, 4.69) is 5.43 Å². The molecule has 4 heteroatoms. The van der Waals surface area contributed by atoms with Crippen LogP contribution in [0, 0.1) is 0 Å². The number of carbonyl (C=O) groups excluding carboxylic acids is 2. The third-order valence-electron chi connectivity index (χ3n) is 5.59. The first kappa shape index (κ1) is 23.0. The van der Waals surface area contributed by atoms with E-state index in [0.717, 1.165) is 22.3 Å². The first-order valence-corrected chi connectivity index (χ1v) is 11.3. The molecule has 0 atom stereocenters. The van der Waals surface area contributed by atoms with E-state index in [1.807, 2.05) is 118 Å². The number of benzene rings is 4. The standard InChI is InChI=1S/C30H28N2O2/c1-30(2,3)32(29(34)27-21-13-11-19-25(27)23-16-8-5-9-17-23)31-28(33)26-20-12-10-18-24(26)22-14-6-4-7-15-22/h4-21H,1-3H3,(H,31,33). The Labute approximate surface area is 200 Å². The van der Waals surface area contributed by atoms with Gasteiger partial charge in [-0.05, 0) is 55.2 Å². The van der Waals surface area contributed by atoms with Crippen molar-refractivity contribution in [3.8, 4) is 22.3 Å². The molecule has 0 saturated heterocycles. The fourth-order valence-corrected chi connectivity index (χ4v) is 3.89. The Hall–Kier alpha value is -4.18. The molecule has 170 valence electrons. The molecular weight excluding hydrogens is 420 g/mol. The second-order valence-electron chi connectivity index (χ2n) is 9.08. The monoisotopic (exact) mass is 448 g/mol. The number of amides is 2. The smallest absolute Gasteiger partial charge is 0.267 e. The van der Waals surface area contributed by atoms with E-state index in [4.69, 9.17) is 0 Å². The Morgan fingerprint density at radius 2 is 1.00 bits per heavy atom. The van der Waals surface area contributed by atoms with E-state index in [9.17, 15) is 9.59 Å². The SMILES string of the molecule is CC(C)(C)N(NC(=O)c1ccccc1-c1ccccc1)C(=O)c1ccccc1-c1ccccc1. The first-order chi connectivity index (χ1) is 16.4. The lowest BCUT2D eigenvalue weighted by Crippen LogP contribution is -2.56. The Morgan fingerprint density at radius 3 is 1.50 bits per heavy atom. The van der Waals surface area contributed by atoms with Crippen molar-refractivity contribution in [3.05, 3.63) is 120 Å². The molecule has 4 rings (SSSR count). The number of nitrogens with one attached hydrogen (secondary N) is 1. The van der Waals surface area contributed by atoms with Crippen LogP contribution in [0.4, 0.5) is 0 Å². The Kier molecular flexibility index (Phi) is 6.60. The molecule has 0 aromatic heterocycles. The third kappa shape index (κ3) is 4.91. The van der Waals surface area contributed by atoms with Crippen LogP contribution in [-0.2, 0) is 0 Å². The Balaban J connectivity index is 1.70. The number of hydrazine groups is 1. The molecule has 0 spiro atoms. The number of nitrogens with zero attached hydrogens (tertiary/aromatic N) is 1. The molecule has 1 N–H and O–H groups in total. The van der Waals surface area contributed by atoms with Crippen LogP contribution in [-0.4, -0.2) is 22.4 Å². The summed E-state index contributed by atoms with van der Waals surface area (Å²) >= 11 is 0. The van der Waals surface area contributed by atoms with Gasteiger partial charge in [-0.25, -0.2) is 5.01 Å². The quantitative estimate of drug-likeness (QED) is 0.357. The van der Waals surface area contributed by atoms with Crippen LogP contribution in [0.3, 0.4) is 0 Å². The van der Waals surface area contributed by atoms with Crippen molar-refractivity contribution in [3.63, 3.8) is 0 Å². The second kappa shape index (κ2) is 9.75. The fourth-order valence-electron chi connectivity index (χ4n) is 3.89. The maximum atomic E-state index is 13.8. The molecule has 0 aliphatic heterocycles. The minimum absolute atomic E-state index is 0.266. The van der Waals surface area contributed by atoms with Gasteiger partial charge < -0.3 is 0 Å². The Morgan fingerprint density at radius 1 is 0.588 bits per heavy atom. The van der Waals surface area contributed by atoms with Gasteiger partial charge in [0.1, 0.15) is 0 Å². The molecule has 0 unspecified atom stereocenters. The summed E-state index contributed by atoms with van der Waals surface area (Å²) in [5.41, 5.74) is 6.80. The average Bonchev–Trinajstić information content (AvgIpc) is 2.87. The minimum atomic E-state index is -0.655. The van der Waals surface area contributed by atoms with Crippen molar-refractivity contribution in [1.29, 1.82) is 0 Å². The molecule has 0 radical (unpaired) electrons. The van der Waals surface area contributed by atoms with Crippen LogP contribution < -0.4 is 5.43 Å². The minimum Gasteiger partial charge on any atom is -0.267 e. The lowest BCUT2D eigenvalue weighted by Gasteiger charge is -2.36. The zero-order valence-electron chi connectivity index (χ0n) is 19.7. The molecule has 4 aromatic carbocycles. The molecule has 0 aliphatic rings. The van der Waals surface area contributed by atoms with Gasteiger partial charge in [-0.15, -0.1) is 0 Å².